The highest BCUT2D eigenvalue weighted by Gasteiger charge is 2.49. The number of piperidine rings is 1. The molecular formula is C23H28N6O3. The smallest absolute Gasteiger partial charge is 0.274 e. The first-order valence-electron chi connectivity index (χ1n) is 10.7. The number of ether oxygens (including phenoxy) is 1. The molecule has 0 aliphatic carbocycles. The lowest BCUT2D eigenvalue weighted by Gasteiger charge is -2.37. The zero-order chi connectivity index (χ0) is 22.9. The van der Waals surface area contributed by atoms with Gasteiger partial charge in [-0.25, -0.2) is 0 Å². The second kappa shape index (κ2) is 8.49. The Morgan fingerprint density at radius 2 is 1.97 bits per heavy atom. The molecule has 3 heterocycles. The molecule has 2 aromatic rings. The Morgan fingerprint density at radius 3 is 2.56 bits per heavy atom. The van der Waals surface area contributed by atoms with E-state index in [0.717, 1.165) is 17.8 Å². The van der Waals surface area contributed by atoms with E-state index in [-0.39, 0.29) is 11.8 Å². The number of rotatable bonds is 5. The molecule has 9 heteroatoms. The van der Waals surface area contributed by atoms with Gasteiger partial charge in [0.05, 0.1) is 12.5 Å². The Hall–Kier alpha value is -3.62. The molecule has 1 aromatic heterocycles. The Balaban J connectivity index is 1.49. The number of nitrogens with one attached hydrogen (secondary N) is 2. The quantitative estimate of drug-likeness (QED) is 0.620. The largest absolute Gasteiger partial charge is 0.496 e. The first-order valence-corrected chi connectivity index (χ1v) is 10.7. The van der Waals surface area contributed by atoms with Gasteiger partial charge in [0.1, 0.15) is 11.4 Å². The van der Waals surface area contributed by atoms with Crippen molar-refractivity contribution in [1.29, 1.82) is 5.41 Å². The molecule has 2 amide bonds. The van der Waals surface area contributed by atoms with Crippen LogP contribution in [0.15, 0.2) is 30.5 Å². The number of hydrogen-bond donors (Lipinski definition) is 3. The van der Waals surface area contributed by atoms with Crippen LogP contribution in [0.4, 0.5) is 5.69 Å². The van der Waals surface area contributed by atoms with Crippen LogP contribution in [0.1, 0.15) is 41.0 Å². The van der Waals surface area contributed by atoms with Crippen molar-refractivity contribution in [2.75, 3.05) is 31.6 Å². The van der Waals surface area contributed by atoms with Crippen molar-refractivity contribution in [2.45, 2.75) is 26.2 Å². The van der Waals surface area contributed by atoms with Crippen molar-refractivity contribution in [2.24, 2.45) is 11.1 Å². The van der Waals surface area contributed by atoms with Crippen LogP contribution in [0.5, 0.6) is 5.75 Å². The molecule has 2 aliphatic heterocycles. The van der Waals surface area contributed by atoms with Gasteiger partial charge in [-0.2, -0.15) is 5.10 Å². The van der Waals surface area contributed by atoms with Gasteiger partial charge in [0.25, 0.3) is 5.91 Å². The van der Waals surface area contributed by atoms with E-state index in [1.54, 1.807) is 23.0 Å². The van der Waals surface area contributed by atoms with Crippen LogP contribution in [-0.4, -0.2) is 59.9 Å². The Kier molecular flexibility index (Phi) is 5.73. The third-order valence-corrected chi connectivity index (χ3v) is 6.59. The fraction of sp³-hybridized carbons (Fsp3) is 0.391. The van der Waals surface area contributed by atoms with Crippen LogP contribution in [0, 0.1) is 17.7 Å². The van der Waals surface area contributed by atoms with Crippen molar-refractivity contribution < 1.29 is 14.3 Å². The monoisotopic (exact) mass is 436 g/mol. The van der Waals surface area contributed by atoms with Gasteiger partial charge in [0.2, 0.25) is 5.91 Å². The van der Waals surface area contributed by atoms with Gasteiger partial charge in [-0.1, -0.05) is 0 Å². The number of benzene rings is 1. The van der Waals surface area contributed by atoms with E-state index in [9.17, 15) is 9.59 Å². The van der Waals surface area contributed by atoms with Crippen LogP contribution in [0.25, 0.3) is 5.57 Å². The first kappa shape index (κ1) is 21.6. The fourth-order valence-electron chi connectivity index (χ4n) is 4.66. The number of nitrogens with zero attached hydrogens (tertiary/aromatic N) is 3. The second-order valence-electron chi connectivity index (χ2n) is 8.37. The van der Waals surface area contributed by atoms with E-state index in [2.05, 4.69) is 10.2 Å². The van der Waals surface area contributed by atoms with E-state index in [1.165, 1.54) is 12.4 Å². The van der Waals surface area contributed by atoms with Crippen molar-refractivity contribution in [1.82, 2.24) is 15.1 Å². The number of methoxy groups -OCH3 is 1. The number of anilines is 1. The summed E-state index contributed by atoms with van der Waals surface area (Å²) in [6.07, 6.45) is 4.57. The third kappa shape index (κ3) is 3.63. The molecule has 0 atom stereocenters. The SMILES string of the molecule is COc1cc(N2CCC3(CCN(C(=O)c4cc(C)[nH]n4)CC3)C2=O)ccc1/C(C=N)=C/N. The van der Waals surface area contributed by atoms with Gasteiger partial charge in [0.15, 0.2) is 0 Å². The van der Waals surface area contributed by atoms with E-state index < -0.39 is 5.41 Å². The highest BCUT2D eigenvalue weighted by Crippen LogP contribution is 2.44. The van der Waals surface area contributed by atoms with Gasteiger partial charge in [0, 0.05) is 60.6 Å². The molecule has 2 saturated heterocycles. The number of allylic oxidation sites excluding steroid dienone is 1. The van der Waals surface area contributed by atoms with Gasteiger partial charge >= 0.3 is 0 Å². The molecule has 0 bridgehead atoms. The topological polar surface area (TPSA) is 128 Å². The van der Waals surface area contributed by atoms with E-state index in [1.807, 2.05) is 25.1 Å². The second-order valence-corrected chi connectivity index (χ2v) is 8.37. The molecule has 2 fully saturated rings. The fourth-order valence-corrected chi connectivity index (χ4v) is 4.66. The number of likely N-dealkylation sites (tertiary alicyclic amines) is 1. The summed E-state index contributed by atoms with van der Waals surface area (Å²) in [5.74, 6) is 0.560. The Bertz CT molecular complexity index is 1080. The third-order valence-electron chi connectivity index (χ3n) is 6.59. The zero-order valence-corrected chi connectivity index (χ0v) is 18.4. The molecule has 0 saturated carbocycles. The van der Waals surface area contributed by atoms with Gasteiger partial charge in [-0.05, 0) is 44.4 Å². The highest BCUT2D eigenvalue weighted by molar-refractivity contribution is 6.09. The van der Waals surface area contributed by atoms with E-state index >= 15 is 0 Å². The molecule has 32 heavy (non-hydrogen) atoms. The number of carbonyl (C=O) groups excluding carboxylic acids is 2. The summed E-state index contributed by atoms with van der Waals surface area (Å²) in [6, 6.07) is 7.25. The number of hydrogen-bond acceptors (Lipinski definition) is 6. The number of amides is 2. The van der Waals surface area contributed by atoms with E-state index in [4.69, 9.17) is 15.9 Å². The molecule has 1 aromatic carbocycles. The lowest BCUT2D eigenvalue weighted by atomic mass is 9.77. The van der Waals surface area contributed by atoms with Gasteiger partial charge in [-0.3, -0.25) is 14.7 Å². The molecule has 0 unspecified atom stereocenters. The van der Waals surface area contributed by atoms with Crippen molar-refractivity contribution >= 4 is 29.3 Å². The maximum atomic E-state index is 13.5. The van der Waals surface area contributed by atoms with Crippen LogP contribution in [0.2, 0.25) is 0 Å². The minimum absolute atomic E-state index is 0.0941. The van der Waals surface area contributed by atoms with Crippen molar-refractivity contribution in [3.8, 4) is 5.75 Å². The highest BCUT2D eigenvalue weighted by atomic mass is 16.5. The maximum absolute atomic E-state index is 13.5. The van der Waals surface area contributed by atoms with Crippen LogP contribution < -0.4 is 15.4 Å². The Labute approximate surface area is 186 Å². The van der Waals surface area contributed by atoms with E-state index in [0.29, 0.717) is 55.1 Å². The summed E-state index contributed by atoms with van der Waals surface area (Å²) in [7, 11) is 1.56. The first-order chi connectivity index (χ1) is 15.4. The summed E-state index contributed by atoms with van der Waals surface area (Å²) in [6.45, 7) is 3.56. The summed E-state index contributed by atoms with van der Waals surface area (Å²) < 4.78 is 5.50. The predicted octanol–water partition coefficient (Wildman–Crippen LogP) is 2.34. The minimum atomic E-state index is -0.443. The average molecular weight is 437 g/mol. The van der Waals surface area contributed by atoms with Gasteiger partial charge < -0.3 is 25.7 Å². The molecule has 2 aliphatic rings. The van der Waals surface area contributed by atoms with Crippen molar-refractivity contribution in [3.05, 3.63) is 47.4 Å². The average Bonchev–Trinajstić information content (AvgIpc) is 3.39. The molecule has 1 spiro atoms. The summed E-state index contributed by atoms with van der Waals surface area (Å²) in [4.78, 5) is 29.7. The number of aryl methyl sites for hydroxylation is 1. The van der Waals surface area contributed by atoms with Crippen LogP contribution in [-0.2, 0) is 4.79 Å². The lowest BCUT2D eigenvalue weighted by molar-refractivity contribution is -0.127. The number of aromatic amines is 1. The standard InChI is InChI=1S/C23H28N6O3/c1-15-11-19(27-26-15)21(30)28-8-5-23(6-9-28)7-10-29(22(23)31)17-3-4-18(16(13-24)14-25)20(12-17)32-2/h3-4,11-14,24H,5-10,25H2,1-2H3,(H,26,27)/b16-14+,24-13?. The molecule has 168 valence electrons. The zero-order valence-electron chi connectivity index (χ0n) is 18.4. The number of aromatic nitrogens is 2. The summed E-state index contributed by atoms with van der Waals surface area (Å²) in [5.41, 5.74) is 8.45. The number of nitrogens with two attached hydrogens (primary N) is 1. The number of carbonyl (C=O) groups is 2. The lowest BCUT2D eigenvalue weighted by Crippen LogP contribution is -2.46. The Morgan fingerprint density at radius 1 is 1.25 bits per heavy atom. The number of H-pyrrole nitrogens is 1. The normalized spacial score (nSPS) is 18.3. The maximum Gasteiger partial charge on any atom is 0.274 e. The van der Waals surface area contributed by atoms with Crippen LogP contribution >= 0.6 is 0 Å². The minimum Gasteiger partial charge on any atom is -0.496 e. The molecule has 9 nitrogen and oxygen atoms in total. The summed E-state index contributed by atoms with van der Waals surface area (Å²) in [5, 5.41) is 14.4. The molecule has 4 N–H and O–H groups in total. The predicted molar refractivity (Wildman–Crippen MR) is 122 cm³/mol. The molecular weight excluding hydrogens is 408 g/mol. The van der Waals surface area contributed by atoms with Crippen LogP contribution in [0.3, 0.4) is 0 Å². The van der Waals surface area contributed by atoms with Crippen molar-refractivity contribution in [3.63, 3.8) is 0 Å². The van der Waals surface area contributed by atoms with Gasteiger partial charge in [-0.15, -0.1) is 0 Å². The molecule has 4 rings (SSSR count). The molecule has 0 radical (unpaired) electrons. The summed E-state index contributed by atoms with van der Waals surface area (Å²) >= 11 is 0.